The monoisotopic (exact) mass is 288 g/mol. The van der Waals surface area contributed by atoms with Crippen molar-refractivity contribution >= 4 is 5.91 Å². The highest BCUT2D eigenvalue weighted by Gasteiger charge is 2.25. The van der Waals surface area contributed by atoms with Crippen LogP contribution in [-0.2, 0) is 0 Å². The molecule has 0 aliphatic heterocycles. The first-order chi connectivity index (χ1) is 9.90. The zero-order valence-electron chi connectivity index (χ0n) is 12.5. The van der Waals surface area contributed by atoms with Crippen molar-refractivity contribution in [2.75, 3.05) is 13.1 Å². The van der Waals surface area contributed by atoms with Crippen LogP contribution in [0.2, 0.25) is 0 Å². The van der Waals surface area contributed by atoms with Crippen molar-refractivity contribution in [3.05, 3.63) is 42.2 Å². The molecule has 2 rings (SSSR count). The van der Waals surface area contributed by atoms with Gasteiger partial charge >= 0.3 is 0 Å². The molecular formula is C16H20N2O3. The van der Waals surface area contributed by atoms with E-state index in [1.165, 1.54) is 4.90 Å². The Morgan fingerprint density at radius 1 is 1.33 bits per heavy atom. The van der Waals surface area contributed by atoms with Gasteiger partial charge in [0.2, 0.25) is 5.76 Å². The summed E-state index contributed by atoms with van der Waals surface area (Å²) < 4.78 is 5.16. The van der Waals surface area contributed by atoms with Gasteiger partial charge in [0.25, 0.3) is 5.91 Å². The van der Waals surface area contributed by atoms with E-state index in [2.05, 4.69) is 5.16 Å². The van der Waals surface area contributed by atoms with Gasteiger partial charge in [-0.15, -0.1) is 0 Å². The summed E-state index contributed by atoms with van der Waals surface area (Å²) in [7, 11) is 0. The number of aliphatic hydroxyl groups is 1. The van der Waals surface area contributed by atoms with E-state index in [1.807, 2.05) is 37.3 Å². The standard InChI is InChI=1S/C16H20N2O3/c1-4-18(11-16(2,3)20)15(19)14-10-13(17-21-14)12-8-6-5-7-9-12/h5-10,20H,4,11H2,1-3H3. The Labute approximate surface area is 124 Å². The van der Waals surface area contributed by atoms with E-state index in [0.717, 1.165) is 5.56 Å². The molecule has 0 saturated heterocycles. The molecule has 5 nitrogen and oxygen atoms in total. The Hall–Kier alpha value is -2.14. The van der Waals surface area contributed by atoms with Crippen LogP contribution in [0.15, 0.2) is 40.9 Å². The fourth-order valence-electron chi connectivity index (χ4n) is 2.07. The lowest BCUT2D eigenvalue weighted by molar-refractivity contribution is 0.0294. The third-order valence-corrected chi connectivity index (χ3v) is 3.04. The lowest BCUT2D eigenvalue weighted by Crippen LogP contribution is -2.42. The molecule has 0 radical (unpaired) electrons. The largest absolute Gasteiger partial charge is 0.389 e. The zero-order chi connectivity index (χ0) is 15.5. The maximum Gasteiger partial charge on any atom is 0.292 e. The number of rotatable bonds is 5. The predicted molar refractivity (Wildman–Crippen MR) is 79.8 cm³/mol. The van der Waals surface area contributed by atoms with Crippen LogP contribution in [-0.4, -0.2) is 39.8 Å². The molecule has 0 fully saturated rings. The van der Waals surface area contributed by atoms with Gasteiger partial charge in [-0.25, -0.2) is 0 Å². The Balaban J connectivity index is 2.18. The Kier molecular flexibility index (Phi) is 4.43. The highest BCUT2D eigenvalue weighted by atomic mass is 16.5. The Morgan fingerprint density at radius 2 is 2.00 bits per heavy atom. The highest BCUT2D eigenvalue weighted by Crippen LogP contribution is 2.20. The fourth-order valence-corrected chi connectivity index (χ4v) is 2.07. The van der Waals surface area contributed by atoms with E-state index in [0.29, 0.717) is 12.2 Å². The number of benzene rings is 1. The average Bonchev–Trinajstić information content (AvgIpc) is 2.94. The van der Waals surface area contributed by atoms with Crippen LogP contribution in [0.4, 0.5) is 0 Å². The Morgan fingerprint density at radius 3 is 2.57 bits per heavy atom. The third kappa shape index (κ3) is 3.92. The van der Waals surface area contributed by atoms with E-state index >= 15 is 0 Å². The average molecular weight is 288 g/mol. The second-order valence-corrected chi connectivity index (χ2v) is 5.57. The van der Waals surface area contributed by atoms with Crippen molar-refractivity contribution in [1.82, 2.24) is 10.1 Å². The number of carbonyl (C=O) groups is 1. The first kappa shape index (κ1) is 15.3. The molecule has 21 heavy (non-hydrogen) atoms. The van der Waals surface area contributed by atoms with Gasteiger partial charge in [-0.2, -0.15) is 0 Å². The third-order valence-electron chi connectivity index (χ3n) is 3.04. The molecule has 112 valence electrons. The van der Waals surface area contributed by atoms with E-state index < -0.39 is 5.60 Å². The Bertz CT molecular complexity index is 599. The summed E-state index contributed by atoms with van der Waals surface area (Å²) in [5, 5.41) is 13.8. The molecule has 5 heteroatoms. The van der Waals surface area contributed by atoms with E-state index in [9.17, 15) is 9.90 Å². The molecule has 1 N–H and O–H groups in total. The molecule has 0 saturated carbocycles. The van der Waals surface area contributed by atoms with Gasteiger partial charge in [0, 0.05) is 24.7 Å². The van der Waals surface area contributed by atoms with Crippen LogP contribution in [0.5, 0.6) is 0 Å². The predicted octanol–water partition coefficient (Wildman–Crippen LogP) is 2.57. The summed E-state index contributed by atoms with van der Waals surface area (Å²) in [6.07, 6.45) is 0. The number of aromatic nitrogens is 1. The highest BCUT2D eigenvalue weighted by molar-refractivity contribution is 5.92. The van der Waals surface area contributed by atoms with Crippen molar-refractivity contribution in [3.63, 3.8) is 0 Å². The normalized spacial score (nSPS) is 11.4. The molecule has 0 atom stereocenters. The zero-order valence-corrected chi connectivity index (χ0v) is 12.5. The molecule has 1 aromatic carbocycles. The minimum Gasteiger partial charge on any atom is -0.389 e. The summed E-state index contributed by atoms with van der Waals surface area (Å²) >= 11 is 0. The van der Waals surface area contributed by atoms with Crippen molar-refractivity contribution in [2.45, 2.75) is 26.4 Å². The van der Waals surface area contributed by atoms with Gasteiger partial charge in [0.05, 0.1) is 5.60 Å². The summed E-state index contributed by atoms with van der Waals surface area (Å²) in [6.45, 7) is 5.92. The molecule has 1 aromatic heterocycles. The minimum absolute atomic E-state index is 0.181. The van der Waals surface area contributed by atoms with Crippen LogP contribution < -0.4 is 0 Å². The van der Waals surface area contributed by atoms with Gasteiger partial charge in [-0.3, -0.25) is 4.79 Å². The number of hydrogen-bond donors (Lipinski definition) is 1. The maximum atomic E-state index is 12.4. The lowest BCUT2D eigenvalue weighted by Gasteiger charge is -2.27. The number of hydrogen-bond acceptors (Lipinski definition) is 4. The molecule has 0 spiro atoms. The number of nitrogens with zero attached hydrogens (tertiary/aromatic N) is 2. The van der Waals surface area contributed by atoms with Crippen molar-refractivity contribution in [1.29, 1.82) is 0 Å². The molecule has 0 aliphatic carbocycles. The number of likely N-dealkylation sites (N-methyl/N-ethyl adjacent to an activating group) is 1. The number of amides is 1. The summed E-state index contributed by atoms with van der Waals surface area (Å²) in [5.74, 6) is -0.0886. The summed E-state index contributed by atoms with van der Waals surface area (Å²) in [5.41, 5.74) is 0.567. The summed E-state index contributed by atoms with van der Waals surface area (Å²) in [4.78, 5) is 13.9. The molecular weight excluding hydrogens is 268 g/mol. The molecule has 2 aromatic rings. The summed E-state index contributed by atoms with van der Waals surface area (Å²) in [6, 6.07) is 11.2. The first-order valence-electron chi connectivity index (χ1n) is 6.94. The van der Waals surface area contributed by atoms with Crippen molar-refractivity contribution in [2.24, 2.45) is 0 Å². The van der Waals surface area contributed by atoms with E-state index in [1.54, 1.807) is 19.9 Å². The number of carbonyl (C=O) groups excluding carboxylic acids is 1. The van der Waals surface area contributed by atoms with Gasteiger partial charge in [0.1, 0.15) is 5.69 Å². The van der Waals surface area contributed by atoms with E-state index in [-0.39, 0.29) is 18.2 Å². The molecule has 0 bridgehead atoms. The lowest BCUT2D eigenvalue weighted by atomic mass is 10.1. The quantitative estimate of drug-likeness (QED) is 0.918. The van der Waals surface area contributed by atoms with Crippen LogP contribution in [0.25, 0.3) is 11.3 Å². The second kappa shape index (κ2) is 6.10. The topological polar surface area (TPSA) is 66.6 Å². The van der Waals surface area contributed by atoms with Gasteiger partial charge < -0.3 is 14.5 Å². The molecule has 0 aliphatic rings. The van der Waals surface area contributed by atoms with Gasteiger partial charge in [0.15, 0.2) is 0 Å². The fraction of sp³-hybridized carbons (Fsp3) is 0.375. The van der Waals surface area contributed by atoms with Crippen LogP contribution >= 0.6 is 0 Å². The molecule has 1 amide bonds. The molecule has 0 unspecified atom stereocenters. The van der Waals surface area contributed by atoms with Crippen molar-refractivity contribution in [3.8, 4) is 11.3 Å². The van der Waals surface area contributed by atoms with Gasteiger partial charge in [-0.1, -0.05) is 35.5 Å². The van der Waals surface area contributed by atoms with Gasteiger partial charge in [-0.05, 0) is 20.8 Å². The first-order valence-corrected chi connectivity index (χ1v) is 6.94. The molecule has 1 heterocycles. The maximum absolute atomic E-state index is 12.4. The minimum atomic E-state index is -0.950. The van der Waals surface area contributed by atoms with E-state index in [4.69, 9.17) is 4.52 Å². The second-order valence-electron chi connectivity index (χ2n) is 5.57. The van der Waals surface area contributed by atoms with Crippen LogP contribution in [0, 0.1) is 0 Å². The van der Waals surface area contributed by atoms with Crippen LogP contribution in [0.3, 0.4) is 0 Å². The van der Waals surface area contributed by atoms with Crippen molar-refractivity contribution < 1.29 is 14.4 Å². The van der Waals surface area contributed by atoms with Crippen LogP contribution in [0.1, 0.15) is 31.3 Å². The SMILES string of the molecule is CCN(CC(C)(C)O)C(=O)c1cc(-c2ccccc2)no1. The smallest absolute Gasteiger partial charge is 0.292 e.